The van der Waals surface area contributed by atoms with Crippen LogP contribution < -0.4 is 0 Å². The van der Waals surface area contributed by atoms with Crippen molar-refractivity contribution in [3.05, 3.63) is 58.6 Å². The van der Waals surface area contributed by atoms with Crippen LogP contribution in [0.15, 0.2) is 42.5 Å². The Labute approximate surface area is 147 Å². The molecule has 1 atom stereocenters. The van der Waals surface area contributed by atoms with Gasteiger partial charge in [0.25, 0.3) is 0 Å². The van der Waals surface area contributed by atoms with Crippen molar-refractivity contribution >= 4 is 23.2 Å². The second kappa shape index (κ2) is 6.18. The van der Waals surface area contributed by atoms with E-state index in [0.29, 0.717) is 17.9 Å². The molecule has 24 heavy (non-hydrogen) atoms. The Kier molecular flexibility index (Phi) is 4.35. The molecule has 1 unspecified atom stereocenters. The third-order valence-corrected chi connectivity index (χ3v) is 5.27. The maximum atomic E-state index is 12.9. The molecular weight excluding hydrogens is 320 g/mol. The van der Waals surface area contributed by atoms with Gasteiger partial charge in [0.1, 0.15) is 11.7 Å². The van der Waals surface area contributed by atoms with Crippen molar-refractivity contribution in [3.63, 3.8) is 0 Å². The van der Waals surface area contributed by atoms with E-state index in [4.69, 9.17) is 11.6 Å². The molecule has 1 aliphatic rings. The Morgan fingerprint density at radius 3 is 2.29 bits per heavy atom. The number of hydrogen-bond acceptors (Lipinski definition) is 2. The van der Waals surface area contributed by atoms with Crippen LogP contribution in [0, 0.1) is 12.3 Å². The van der Waals surface area contributed by atoms with E-state index in [9.17, 15) is 9.59 Å². The second-order valence-corrected chi connectivity index (χ2v) is 7.66. The largest absolute Gasteiger partial charge is 0.299 e. The fourth-order valence-electron chi connectivity index (χ4n) is 3.33. The first kappa shape index (κ1) is 16.9. The van der Waals surface area contributed by atoms with E-state index < -0.39 is 11.3 Å². The molecule has 0 spiro atoms. The van der Waals surface area contributed by atoms with Crippen molar-refractivity contribution in [2.24, 2.45) is 5.41 Å². The Hall–Kier alpha value is -1.93. The molecule has 1 fully saturated rings. The first-order valence-electron chi connectivity index (χ1n) is 8.23. The molecule has 3 rings (SSSR count). The van der Waals surface area contributed by atoms with E-state index in [1.54, 1.807) is 0 Å². The van der Waals surface area contributed by atoms with Crippen molar-refractivity contribution < 1.29 is 9.59 Å². The molecule has 0 aliphatic heterocycles. The molecule has 0 saturated heterocycles. The lowest BCUT2D eigenvalue weighted by molar-refractivity contribution is -0.139. The zero-order chi connectivity index (χ0) is 17.5. The smallest absolute Gasteiger partial charge is 0.153 e. The lowest BCUT2D eigenvalue weighted by Crippen LogP contribution is -2.39. The molecule has 3 heteroatoms. The molecule has 2 aromatic rings. The van der Waals surface area contributed by atoms with Gasteiger partial charge in [0.05, 0.1) is 0 Å². The number of halogens is 1. The Balaban J connectivity index is 2.07. The monoisotopic (exact) mass is 340 g/mol. The minimum Gasteiger partial charge on any atom is -0.299 e. The van der Waals surface area contributed by atoms with Gasteiger partial charge in [-0.1, -0.05) is 49.7 Å². The van der Waals surface area contributed by atoms with Gasteiger partial charge >= 0.3 is 0 Å². The molecule has 0 amide bonds. The summed E-state index contributed by atoms with van der Waals surface area (Å²) in [5.74, 6) is -0.563. The molecule has 0 N–H and O–H groups in total. The zero-order valence-corrected chi connectivity index (χ0v) is 15.0. The normalized spacial score (nSPS) is 20.2. The molecule has 124 valence electrons. The predicted molar refractivity (Wildman–Crippen MR) is 97.4 cm³/mol. The van der Waals surface area contributed by atoms with Crippen molar-refractivity contribution in [3.8, 4) is 11.1 Å². The summed E-state index contributed by atoms with van der Waals surface area (Å²) in [4.78, 5) is 25.4. The van der Waals surface area contributed by atoms with Crippen LogP contribution in [0.1, 0.15) is 43.7 Å². The van der Waals surface area contributed by atoms with Gasteiger partial charge in [-0.15, -0.1) is 0 Å². The van der Waals surface area contributed by atoms with Gasteiger partial charge in [-0.3, -0.25) is 9.59 Å². The van der Waals surface area contributed by atoms with E-state index in [0.717, 1.165) is 22.3 Å². The quantitative estimate of drug-likeness (QED) is 0.690. The van der Waals surface area contributed by atoms with Crippen molar-refractivity contribution in [1.82, 2.24) is 0 Å². The Bertz CT molecular complexity index is 803. The first-order chi connectivity index (χ1) is 11.3. The van der Waals surface area contributed by atoms with Gasteiger partial charge in [-0.25, -0.2) is 0 Å². The number of benzene rings is 2. The summed E-state index contributed by atoms with van der Waals surface area (Å²) >= 11 is 5.96. The van der Waals surface area contributed by atoms with Crippen molar-refractivity contribution in [2.75, 3.05) is 0 Å². The summed E-state index contributed by atoms with van der Waals surface area (Å²) in [6.45, 7) is 5.84. The van der Waals surface area contributed by atoms with Gasteiger partial charge in [0, 0.05) is 16.9 Å². The standard InChI is InChI=1S/C21H21ClO2/c1-13-4-5-15(14-6-8-16(22)9-7-14)12-17(13)19-18(23)10-11-21(2,3)20(19)24/h4-9,12,19H,10-11H2,1-3H3. The van der Waals surface area contributed by atoms with E-state index in [-0.39, 0.29) is 11.6 Å². The highest BCUT2D eigenvalue weighted by molar-refractivity contribution is 6.30. The van der Waals surface area contributed by atoms with E-state index in [2.05, 4.69) is 0 Å². The highest BCUT2D eigenvalue weighted by atomic mass is 35.5. The summed E-state index contributed by atoms with van der Waals surface area (Å²) < 4.78 is 0. The topological polar surface area (TPSA) is 34.1 Å². The third-order valence-electron chi connectivity index (χ3n) is 5.02. The number of carbonyl (C=O) groups excluding carboxylic acids is 2. The predicted octanol–water partition coefficient (Wildman–Crippen LogP) is 5.36. The van der Waals surface area contributed by atoms with Crippen LogP contribution in [0.5, 0.6) is 0 Å². The molecule has 2 nitrogen and oxygen atoms in total. The summed E-state index contributed by atoms with van der Waals surface area (Å²) in [7, 11) is 0. The fraction of sp³-hybridized carbons (Fsp3) is 0.333. The lowest BCUT2D eigenvalue weighted by Gasteiger charge is -2.33. The number of Topliss-reactive ketones (excluding diaryl/α,β-unsaturated/α-hetero) is 2. The van der Waals surface area contributed by atoms with E-state index in [1.165, 1.54) is 0 Å². The first-order valence-corrected chi connectivity index (χ1v) is 8.61. The van der Waals surface area contributed by atoms with Crippen LogP contribution >= 0.6 is 11.6 Å². The molecule has 0 aromatic heterocycles. The average molecular weight is 341 g/mol. The maximum absolute atomic E-state index is 12.9. The number of rotatable bonds is 2. The van der Waals surface area contributed by atoms with E-state index >= 15 is 0 Å². The van der Waals surface area contributed by atoms with Crippen LogP contribution in [0.3, 0.4) is 0 Å². The molecule has 0 heterocycles. The zero-order valence-electron chi connectivity index (χ0n) is 14.2. The molecule has 1 saturated carbocycles. The minimum absolute atomic E-state index is 0.0371. The highest BCUT2D eigenvalue weighted by Crippen LogP contribution is 2.40. The number of carbonyl (C=O) groups is 2. The number of hydrogen-bond donors (Lipinski definition) is 0. The fourth-order valence-corrected chi connectivity index (χ4v) is 3.45. The maximum Gasteiger partial charge on any atom is 0.153 e. The van der Waals surface area contributed by atoms with Gasteiger partial charge in [0.15, 0.2) is 5.78 Å². The van der Waals surface area contributed by atoms with Gasteiger partial charge in [-0.05, 0) is 53.8 Å². The van der Waals surface area contributed by atoms with Crippen LogP contribution in [0.2, 0.25) is 5.02 Å². The average Bonchev–Trinajstić information content (AvgIpc) is 2.54. The molecule has 0 radical (unpaired) electrons. The van der Waals surface area contributed by atoms with Crippen molar-refractivity contribution in [2.45, 2.75) is 39.5 Å². The number of aryl methyl sites for hydroxylation is 1. The summed E-state index contributed by atoms with van der Waals surface area (Å²) in [6, 6.07) is 13.6. The molecule has 2 aromatic carbocycles. The summed E-state index contributed by atoms with van der Waals surface area (Å²) in [6.07, 6.45) is 1.10. The van der Waals surface area contributed by atoms with Crippen LogP contribution in [0.4, 0.5) is 0 Å². The minimum atomic E-state index is -0.638. The Morgan fingerprint density at radius 2 is 1.62 bits per heavy atom. The van der Waals surface area contributed by atoms with Gasteiger partial charge < -0.3 is 0 Å². The second-order valence-electron chi connectivity index (χ2n) is 7.23. The Morgan fingerprint density at radius 1 is 1.00 bits per heavy atom. The molecular formula is C21H21ClO2. The van der Waals surface area contributed by atoms with Crippen LogP contribution in [-0.4, -0.2) is 11.6 Å². The lowest BCUT2D eigenvalue weighted by atomic mass is 9.67. The van der Waals surface area contributed by atoms with Crippen molar-refractivity contribution in [1.29, 1.82) is 0 Å². The summed E-state index contributed by atoms with van der Waals surface area (Å²) in [5.41, 5.74) is 3.40. The summed E-state index contributed by atoms with van der Waals surface area (Å²) in [5, 5.41) is 0.686. The number of ketones is 2. The molecule has 0 bridgehead atoms. The van der Waals surface area contributed by atoms with Crippen LogP contribution in [0.25, 0.3) is 11.1 Å². The van der Waals surface area contributed by atoms with Gasteiger partial charge in [-0.2, -0.15) is 0 Å². The molecule has 1 aliphatic carbocycles. The van der Waals surface area contributed by atoms with Gasteiger partial charge in [0.2, 0.25) is 0 Å². The highest BCUT2D eigenvalue weighted by Gasteiger charge is 2.43. The SMILES string of the molecule is Cc1ccc(-c2ccc(Cl)cc2)cc1C1C(=O)CCC(C)(C)C1=O. The third kappa shape index (κ3) is 3.03. The van der Waals surface area contributed by atoms with E-state index in [1.807, 2.05) is 63.2 Å². The van der Waals surface area contributed by atoms with Crippen LogP contribution in [-0.2, 0) is 9.59 Å².